The van der Waals surface area contributed by atoms with Crippen molar-refractivity contribution in [3.05, 3.63) is 0 Å². The third-order valence-electron chi connectivity index (χ3n) is 3.89. The summed E-state index contributed by atoms with van der Waals surface area (Å²) in [6, 6.07) is 0.764. The molecule has 1 nitrogen and oxygen atoms in total. The van der Waals surface area contributed by atoms with Crippen molar-refractivity contribution in [3.8, 4) is 0 Å². The first kappa shape index (κ1) is 11.0. The van der Waals surface area contributed by atoms with E-state index in [-0.39, 0.29) is 0 Å². The quantitative estimate of drug-likeness (QED) is 0.694. The summed E-state index contributed by atoms with van der Waals surface area (Å²) in [4.78, 5) is 0. The Morgan fingerprint density at radius 2 is 1.92 bits per heavy atom. The molecule has 1 aliphatic carbocycles. The SMILES string of the molecule is CNC1CCC(C)(C)C(C(C)C)C1. The molecule has 0 aliphatic heterocycles. The van der Waals surface area contributed by atoms with E-state index in [1.165, 1.54) is 19.3 Å². The predicted octanol–water partition coefficient (Wildman–Crippen LogP) is 3.06. The highest BCUT2D eigenvalue weighted by atomic mass is 14.9. The summed E-state index contributed by atoms with van der Waals surface area (Å²) in [5.41, 5.74) is 0.557. The fourth-order valence-corrected chi connectivity index (χ4v) is 2.91. The molecular weight excluding hydrogens is 158 g/mol. The topological polar surface area (TPSA) is 12.0 Å². The number of nitrogens with one attached hydrogen (secondary N) is 1. The molecule has 0 amide bonds. The first-order valence-corrected chi connectivity index (χ1v) is 5.64. The van der Waals surface area contributed by atoms with Gasteiger partial charge in [-0.1, -0.05) is 27.7 Å². The van der Waals surface area contributed by atoms with Crippen molar-refractivity contribution in [1.29, 1.82) is 0 Å². The van der Waals surface area contributed by atoms with Crippen LogP contribution in [0.5, 0.6) is 0 Å². The average molecular weight is 183 g/mol. The van der Waals surface area contributed by atoms with Gasteiger partial charge in [0, 0.05) is 6.04 Å². The molecule has 1 N–H and O–H groups in total. The predicted molar refractivity (Wildman–Crippen MR) is 58.8 cm³/mol. The van der Waals surface area contributed by atoms with Crippen molar-refractivity contribution >= 4 is 0 Å². The summed E-state index contributed by atoms with van der Waals surface area (Å²) < 4.78 is 0. The number of hydrogen-bond acceptors (Lipinski definition) is 1. The minimum atomic E-state index is 0.557. The van der Waals surface area contributed by atoms with E-state index in [9.17, 15) is 0 Å². The van der Waals surface area contributed by atoms with Crippen molar-refractivity contribution in [2.75, 3.05) is 7.05 Å². The maximum atomic E-state index is 3.43. The summed E-state index contributed by atoms with van der Waals surface area (Å²) >= 11 is 0. The van der Waals surface area contributed by atoms with E-state index in [1.54, 1.807) is 0 Å². The van der Waals surface area contributed by atoms with Crippen LogP contribution in [0.15, 0.2) is 0 Å². The van der Waals surface area contributed by atoms with Gasteiger partial charge in [-0.3, -0.25) is 0 Å². The minimum Gasteiger partial charge on any atom is -0.317 e. The van der Waals surface area contributed by atoms with Crippen LogP contribution >= 0.6 is 0 Å². The van der Waals surface area contributed by atoms with Crippen LogP contribution in [-0.2, 0) is 0 Å². The van der Waals surface area contributed by atoms with Crippen LogP contribution in [-0.4, -0.2) is 13.1 Å². The van der Waals surface area contributed by atoms with Gasteiger partial charge in [-0.2, -0.15) is 0 Å². The molecule has 1 aliphatic rings. The van der Waals surface area contributed by atoms with Gasteiger partial charge in [0.1, 0.15) is 0 Å². The van der Waals surface area contributed by atoms with Crippen LogP contribution in [0.2, 0.25) is 0 Å². The standard InChI is InChI=1S/C12H25N/c1-9(2)11-8-10(13-5)6-7-12(11,3)4/h9-11,13H,6-8H2,1-5H3. The minimum absolute atomic E-state index is 0.557. The zero-order chi connectivity index (χ0) is 10.1. The van der Waals surface area contributed by atoms with E-state index >= 15 is 0 Å². The van der Waals surface area contributed by atoms with E-state index in [1.807, 2.05) is 0 Å². The molecule has 0 radical (unpaired) electrons. The molecule has 1 saturated carbocycles. The summed E-state index contributed by atoms with van der Waals surface area (Å²) in [5, 5.41) is 3.43. The van der Waals surface area contributed by atoms with Crippen LogP contribution in [0.25, 0.3) is 0 Å². The average Bonchev–Trinajstić information content (AvgIpc) is 2.03. The van der Waals surface area contributed by atoms with Crippen molar-refractivity contribution in [2.24, 2.45) is 17.3 Å². The Bertz CT molecular complexity index is 161. The lowest BCUT2D eigenvalue weighted by Crippen LogP contribution is -2.41. The van der Waals surface area contributed by atoms with Crippen LogP contribution in [0.1, 0.15) is 47.0 Å². The highest BCUT2D eigenvalue weighted by molar-refractivity contribution is 4.89. The molecule has 0 heterocycles. The fraction of sp³-hybridized carbons (Fsp3) is 1.00. The van der Waals surface area contributed by atoms with Gasteiger partial charge in [0.05, 0.1) is 0 Å². The normalized spacial score (nSPS) is 33.7. The molecule has 2 unspecified atom stereocenters. The molecule has 1 heteroatoms. The van der Waals surface area contributed by atoms with Crippen LogP contribution in [0, 0.1) is 17.3 Å². The Balaban J connectivity index is 2.64. The Hall–Kier alpha value is -0.0400. The molecule has 1 rings (SSSR count). The fourth-order valence-electron chi connectivity index (χ4n) is 2.91. The first-order valence-electron chi connectivity index (χ1n) is 5.64. The van der Waals surface area contributed by atoms with Crippen LogP contribution < -0.4 is 5.32 Å². The van der Waals surface area contributed by atoms with Gasteiger partial charge in [0.15, 0.2) is 0 Å². The summed E-state index contributed by atoms with van der Waals surface area (Å²) in [5.74, 6) is 1.71. The molecule has 0 spiro atoms. The van der Waals surface area contributed by atoms with E-state index in [4.69, 9.17) is 0 Å². The molecule has 1 fully saturated rings. The smallest absolute Gasteiger partial charge is 0.00672 e. The lowest BCUT2D eigenvalue weighted by Gasteiger charge is -2.44. The molecule has 0 aromatic rings. The zero-order valence-corrected chi connectivity index (χ0v) is 9.85. The first-order chi connectivity index (χ1) is 5.97. The van der Waals surface area contributed by atoms with Gasteiger partial charge in [-0.05, 0) is 43.6 Å². The molecule has 0 aromatic carbocycles. The molecular formula is C12H25N. The Morgan fingerprint density at radius 1 is 1.31 bits per heavy atom. The van der Waals surface area contributed by atoms with Crippen LogP contribution in [0.3, 0.4) is 0 Å². The Morgan fingerprint density at radius 3 is 2.38 bits per heavy atom. The number of hydrogen-bond donors (Lipinski definition) is 1. The Kier molecular flexibility index (Phi) is 3.39. The zero-order valence-electron chi connectivity index (χ0n) is 9.85. The maximum absolute atomic E-state index is 3.43. The Labute approximate surface area is 83.3 Å². The van der Waals surface area contributed by atoms with Crippen molar-refractivity contribution in [1.82, 2.24) is 5.32 Å². The monoisotopic (exact) mass is 183 g/mol. The largest absolute Gasteiger partial charge is 0.317 e. The second kappa shape index (κ2) is 4.00. The summed E-state index contributed by atoms with van der Waals surface area (Å²) in [6.07, 6.45) is 4.09. The molecule has 13 heavy (non-hydrogen) atoms. The second-order valence-corrected chi connectivity index (χ2v) is 5.60. The molecule has 78 valence electrons. The summed E-state index contributed by atoms with van der Waals surface area (Å²) in [6.45, 7) is 9.60. The third-order valence-corrected chi connectivity index (χ3v) is 3.89. The molecule has 0 saturated heterocycles. The highest BCUT2D eigenvalue weighted by Gasteiger charge is 2.37. The van der Waals surface area contributed by atoms with Crippen LogP contribution in [0.4, 0.5) is 0 Å². The van der Waals surface area contributed by atoms with Gasteiger partial charge >= 0.3 is 0 Å². The van der Waals surface area contributed by atoms with Gasteiger partial charge in [-0.25, -0.2) is 0 Å². The lowest BCUT2D eigenvalue weighted by atomic mass is 9.63. The van der Waals surface area contributed by atoms with E-state index in [2.05, 4.69) is 40.1 Å². The van der Waals surface area contributed by atoms with Crippen molar-refractivity contribution < 1.29 is 0 Å². The highest BCUT2D eigenvalue weighted by Crippen LogP contribution is 2.44. The second-order valence-electron chi connectivity index (χ2n) is 5.60. The lowest BCUT2D eigenvalue weighted by molar-refractivity contribution is 0.0771. The van der Waals surface area contributed by atoms with Crippen molar-refractivity contribution in [2.45, 2.75) is 53.0 Å². The molecule has 2 atom stereocenters. The van der Waals surface area contributed by atoms with Gasteiger partial charge < -0.3 is 5.32 Å². The maximum Gasteiger partial charge on any atom is 0.00672 e. The van der Waals surface area contributed by atoms with Gasteiger partial charge in [0.2, 0.25) is 0 Å². The third kappa shape index (κ3) is 2.46. The van der Waals surface area contributed by atoms with E-state index < -0.39 is 0 Å². The molecule has 0 bridgehead atoms. The van der Waals surface area contributed by atoms with Gasteiger partial charge in [0.25, 0.3) is 0 Å². The number of rotatable bonds is 2. The summed E-state index contributed by atoms with van der Waals surface area (Å²) in [7, 11) is 2.10. The van der Waals surface area contributed by atoms with Crippen molar-refractivity contribution in [3.63, 3.8) is 0 Å². The molecule has 0 aromatic heterocycles. The van der Waals surface area contributed by atoms with Gasteiger partial charge in [-0.15, -0.1) is 0 Å². The van der Waals surface area contributed by atoms with E-state index in [0.717, 1.165) is 17.9 Å². The van der Waals surface area contributed by atoms with E-state index in [0.29, 0.717) is 5.41 Å².